The van der Waals surface area contributed by atoms with Gasteiger partial charge < -0.3 is 0 Å². The molecule has 19 heavy (non-hydrogen) atoms. The Labute approximate surface area is 111 Å². The molecule has 0 radical (unpaired) electrons. The summed E-state index contributed by atoms with van der Waals surface area (Å²) in [5, 5.41) is 12.5. The molecule has 0 saturated heterocycles. The zero-order chi connectivity index (χ0) is 13.6. The fourth-order valence-electron chi connectivity index (χ4n) is 2.52. The van der Waals surface area contributed by atoms with E-state index in [4.69, 9.17) is 5.14 Å². The molecule has 0 spiro atoms. The van der Waals surface area contributed by atoms with Crippen LogP contribution in [0, 0.1) is 0 Å². The molecular weight excluding hydrogens is 264 g/mol. The van der Waals surface area contributed by atoms with E-state index in [0.29, 0.717) is 5.82 Å². The monoisotopic (exact) mass is 278 g/mol. The third kappa shape index (κ3) is 2.04. The zero-order valence-corrected chi connectivity index (χ0v) is 11.3. The fraction of sp³-hybridized carbons (Fsp3) is 0.333. The largest absolute Gasteiger partial charge is 0.300 e. The van der Waals surface area contributed by atoms with E-state index in [0.717, 1.165) is 18.4 Å². The number of aryl methyl sites for hydroxylation is 2. The van der Waals surface area contributed by atoms with Crippen molar-refractivity contribution in [3.63, 3.8) is 0 Å². The van der Waals surface area contributed by atoms with Crippen molar-refractivity contribution in [2.45, 2.75) is 24.4 Å². The fourth-order valence-corrected chi connectivity index (χ4v) is 3.15. The lowest BCUT2D eigenvalue weighted by molar-refractivity contribution is 0.580. The first-order chi connectivity index (χ1) is 8.97. The van der Waals surface area contributed by atoms with Crippen LogP contribution in [0.5, 0.6) is 0 Å². The second-order valence-corrected chi connectivity index (χ2v) is 6.20. The summed E-state index contributed by atoms with van der Waals surface area (Å²) in [4.78, 5) is 0. The molecule has 6 nitrogen and oxygen atoms in total. The third-order valence-corrected chi connectivity index (χ3v) is 4.31. The van der Waals surface area contributed by atoms with E-state index >= 15 is 0 Å². The molecule has 1 heterocycles. The second kappa shape index (κ2) is 4.14. The predicted octanol–water partition coefficient (Wildman–Crippen LogP) is 0.618. The SMILES string of the molecule is Cn1c(-c2ccc3c(c2)CCC3)nnc1S(N)(=O)=O. The molecule has 1 aromatic carbocycles. The molecule has 2 N–H and O–H groups in total. The third-order valence-electron chi connectivity index (χ3n) is 3.45. The van der Waals surface area contributed by atoms with Gasteiger partial charge in [0.15, 0.2) is 5.82 Å². The van der Waals surface area contributed by atoms with E-state index in [1.165, 1.54) is 22.1 Å². The first kappa shape index (κ1) is 12.3. The maximum atomic E-state index is 11.3. The van der Waals surface area contributed by atoms with E-state index in [9.17, 15) is 8.42 Å². The van der Waals surface area contributed by atoms with Crippen LogP contribution >= 0.6 is 0 Å². The van der Waals surface area contributed by atoms with Crippen LogP contribution in [-0.4, -0.2) is 23.2 Å². The summed E-state index contributed by atoms with van der Waals surface area (Å²) in [6.45, 7) is 0. The maximum absolute atomic E-state index is 11.3. The van der Waals surface area contributed by atoms with Crippen molar-refractivity contribution in [2.75, 3.05) is 0 Å². The number of nitrogens with zero attached hydrogens (tertiary/aromatic N) is 3. The molecule has 0 atom stereocenters. The smallest absolute Gasteiger partial charge is 0.273 e. The Morgan fingerprint density at radius 3 is 2.63 bits per heavy atom. The van der Waals surface area contributed by atoms with Crippen molar-refractivity contribution in [2.24, 2.45) is 12.2 Å². The molecule has 0 unspecified atom stereocenters. The molecule has 0 bridgehead atoms. The van der Waals surface area contributed by atoms with Crippen LogP contribution in [0.4, 0.5) is 0 Å². The molecule has 100 valence electrons. The van der Waals surface area contributed by atoms with Crippen molar-refractivity contribution in [1.82, 2.24) is 14.8 Å². The highest BCUT2D eigenvalue weighted by molar-refractivity contribution is 7.89. The molecule has 7 heteroatoms. The predicted molar refractivity (Wildman–Crippen MR) is 69.8 cm³/mol. The summed E-state index contributed by atoms with van der Waals surface area (Å²) in [6, 6.07) is 6.07. The molecular formula is C12H14N4O2S. The average molecular weight is 278 g/mol. The van der Waals surface area contributed by atoms with Crippen LogP contribution < -0.4 is 5.14 Å². The minimum absolute atomic E-state index is 0.219. The summed E-state index contributed by atoms with van der Waals surface area (Å²) >= 11 is 0. The Hall–Kier alpha value is -1.73. The molecule has 1 aliphatic rings. The van der Waals surface area contributed by atoms with E-state index in [1.807, 2.05) is 6.07 Å². The Morgan fingerprint density at radius 1 is 1.21 bits per heavy atom. The minimum atomic E-state index is -3.84. The van der Waals surface area contributed by atoms with Gasteiger partial charge in [-0.3, -0.25) is 4.57 Å². The molecule has 0 fully saturated rings. The molecule has 0 aliphatic heterocycles. The highest BCUT2D eigenvalue weighted by atomic mass is 32.2. The van der Waals surface area contributed by atoms with Gasteiger partial charge in [0.25, 0.3) is 15.2 Å². The summed E-state index contributed by atoms with van der Waals surface area (Å²) in [7, 11) is -2.24. The molecule has 1 aliphatic carbocycles. The van der Waals surface area contributed by atoms with Gasteiger partial charge in [-0.25, -0.2) is 13.6 Å². The number of primary sulfonamides is 1. The number of benzene rings is 1. The van der Waals surface area contributed by atoms with Crippen molar-refractivity contribution in [3.8, 4) is 11.4 Å². The second-order valence-electron chi connectivity index (χ2n) is 4.75. The van der Waals surface area contributed by atoms with Crippen molar-refractivity contribution in [3.05, 3.63) is 29.3 Å². The standard InChI is InChI=1S/C12H14N4O2S/c1-16-11(14-15-12(16)19(13,17)18)10-6-5-8-3-2-4-9(8)7-10/h5-7H,2-4H2,1H3,(H2,13,17,18). The van der Waals surface area contributed by atoms with Gasteiger partial charge in [-0.2, -0.15) is 0 Å². The van der Waals surface area contributed by atoms with E-state index in [1.54, 1.807) is 7.05 Å². The van der Waals surface area contributed by atoms with E-state index in [-0.39, 0.29) is 5.16 Å². The van der Waals surface area contributed by atoms with Gasteiger partial charge in [-0.15, -0.1) is 10.2 Å². The Kier molecular flexibility index (Phi) is 2.68. The molecule has 0 saturated carbocycles. The van der Waals surface area contributed by atoms with Crippen LogP contribution in [-0.2, 0) is 29.9 Å². The van der Waals surface area contributed by atoms with Crippen molar-refractivity contribution >= 4 is 10.0 Å². The summed E-state index contributed by atoms with van der Waals surface area (Å²) < 4.78 is 24.1. The van der Waals surface area contributed by atoms with Gasteiger partial charge in [0.1, 0.15) is 0 Å². The highest BCUT2D eigenvalue weighted by Crippen LogP contribution is 2.27. The minimum Gasteiger partial charge on any atom is -0.300 e. The van der Waals surface area contributed by atoms with Gasteiger partial charge in [0.2, 0.25) is 0 Å². The number of sulfonamides is 1. The van der Waals surface area contributed by atoms with Gasteiger partial charge in [0.05, 0.1) is 0 Å². The first-order valence-corrected chi connectivity index (χ1v) is 7.56. The topological polar surface area (TPSA) is 90.9 Å². The maximum Gasteiger partial charge on any atom is 0.273 e. The van der Waals surface area contributed by atoms with Gasteiger partial charge in [-0.1, -0.05) is 12.1 Å². The van der Waals surface area contributed by atoms with Crippen LogP contribution in [0.15, 0.2) is 23.4 Å². The lowest BCUT2D eigenvalue weighted by Gasteiger charge is -2.05. The molecule has 0 amide bonds. The van der Waals surface area contributed by atoms with E-state index < -0.39 is 10.0 Å². The summed E-state index contributed by atoms with van der Waals surface area (Å²) in [6.07, 6.45) is 3.33. The number of fused-ring (bicyclic) bond motifs is 1. The summed E-state index contributed by atoms with van der Waals surface area (Å²) in [5.41, 5.74) is 3.53. The number of nitrogens with two attached hydrogens (primary N) is 1. The zero-order valence-electron chi connectivity index (χ0n) is 10.5. The lowest BCUT2D eigenvalue weighted by Crippen LogP contribution is -2.17. The number of hydrogen-bond acceptors (Lipinski definition) is 4. The Balaban J connectivity index is 2.11. The number of rotatable bonds is 2. The lowest BCUT2D eigenvalue weighted by atomic mass is 10.1. The number of aromatic nitrogens is 3. The Bertz CT molecular complexity index is 749. The van der Waals surface area contributed by atoms with Gasteiger partial charge in [0, 0.05) is 12.6 Å². The van der Waals surface area contributed by atoms with Crippen LogP contribution in [0.25, 0.3) is 11.4 Å². The molecule has 2 aromatic rings. The normalized spacial score (nSPS) is 14.6. The Morgan fingerprint density at radius 2 is 1.95 bits per heavy atom. The van der Waals surface area contributed by atoms with Gasteiger partial charge >= 0.3 is 0 Å². The summed E-state index contributed by atoms with van der Waals surface area (Å²) in [5.74, 6) is 0.513. The van der Waals surface area contributed by atoms with Gasteiger partial charge in [-0.05, 0) is 36.5 Å². The first-order valence-electron chi connectivity index (χ1n) is 6.01. The quantitative estimate of drug-likeness (QED) is 0.871. The van der Waals surface area contributed by atoms with Crippen molar-refractivity contribution in [1.29, 1.82) is 0 Å². The highest BCUT2D eigenvalue weighted by Gasteiger charge is 2.20. The van der Waals surface area contributed by atoms with Crippen LogP contribution in [0.3, 0.4) is 0 Å². The van der Waals surface area contributed by atoms with Crippen LogP contribution in [0.1, 0.15) is 17.5 Å². The van der Waals surface area contributed by atoms with Crippen LogP contribution in [0.2, 0.25) is 0 Å². The molecule has 1 aromatic heterocycles. The number of hydrogen-bond donors (Lipinski definition) is 1. The molecule has 3 rings (SSSR count). The van der Waals surface area contributed by atoms with Crippen molar-refractivity contribution < 1.29 is 8.42 Å². The average Bonchev–Trinajstić information content (AvgIpc) is 2.92. The van der Waals surface area contributed by atoms with E-state index in [2.05, 4.69) is 22.3 Å².